The number of aromatic nitrogens is 1. The van der Waals surface area contributed by atoms with Crippen molar-refractivity contribution in [3.05, 3.63) is 17.8 Å². The third-order valence-corrected chi connectivity index (χ3v) is 2.28. The minimum Gasteiger partial charge on any atom is -0.446 e. The van der Waals surface area contributed by atoms with Gasteiger partial charge in [-0.2, -0.15) is 0 Å². The lowest BCUT2D eigenvalue weighted by atomic mass is 10.00. The van der Waals surface area contributed by atoms with Gasteiger partial charge < -0.3 is 14.3 Å². The second-order valence-electron chi connectivity index (χ2n) is 3.24. The van der Waals surface area contributed by atoms with Crippen molar-refractivity contribution in [1.29, 1.82) is 0 Å². The summed E-state index contributed by atoms with van der Waals surface area (Å²) in [7, 11) is 0. The van der Waals surface area contributed by atoms with Crippen molar-refractivity contribution in [3.8, 4) is 0 Å². The normalized spacial score (nSPS) is 23.3. The zero-order valence-corrected chi connectivity index (χ0v) is 7.40. The van der Waals surface area contributed by atoms with E-state index in [0.717, 1.165) is 31.7 Å². The van der Waals surface area contributed by atoms with E-state index in [9.17, 15) is 0 Å². The topological polar surface area (TPSA) is 55.5 Å². The number of aliphatic hydroxyl groups is 1. The van der Waals surface area contributed by atoms with Crippen molar-refractivity contribution in [1.82, 2.24) is 4.98 Å². The second-order valence-corrected chi connectivity index (χ2v) is 3.24. The summed E-state index contributed by atoms with van der Waals surface area (Å²) in [6.07, 6.45) is 3.79. The average Bonchev–Trinajstić information content (AvgIpc) is 2.67. The highest BCUT2D eigenvalue weighted by Gasteiger charge is 2.19. The van der Waals surface area contributed by atoms with Crippen molar-refractivity contribution in [2.75, 3.05) is 13.2 Å². The molecule has 13 heavy (non-hydrogen) atoms. The number of ether oxygens (including phenoxy) is 1. The molecule has 0 saturated carbocycles. The number of aliphatic hydroxyl groups excluding tert-OH is 1. The standard InChI is InChI=1S/C9H13NO3/c11-4-9-10-8(6-13-9)7-2-1-3-12-5-7/h6-7,11H,1-5H2. The van der Waals surface area contributed by atoms with Crippen LogP contribution in [0.4, 0.5) is 0 Å². The van der Waals surface area contributed by atoms with Crippen LogP contribution in [0.5, 0.6) is 0 Å². The van der Waals surface area contributed by atoms with Gasteiger partial charge in [0.25, 0.3) is 0 Å². The van der Waals surface area contributed by atoms with Gasteiger partial charge in [-0.3, -0.25) is 0 Å². The van der Waals surface area contributed by atoms with Crippen molar-refractivity contribution in [2.24, 2.45) is 0 Å². The van der Waals surface area contributed by atoms with Gasteiger partial charge in [0, 0.05) is 12.5 Å². The maximum Gasteiger partial charge on any atom is 0.219 e. The molecule has 0 aromatic carbocycles. The van der Waals surface area contributed by atoms with E-state index in [0.29, 0.717) is 11.8 Å². The average molecular weight is 183 g/mol. The first kappa shape index (κ1) is 8.72. The quantitative estimate of drug-likeness (QED) is 0.744. The number of rotatable bonds is 2. The Morgan fingerprint density at radius 1 is 1.62 bits per heavy atom. The molecule has 1 fully saturated rings. The van der Waals surface area contributed by atoms with Crippen LogP contribution in [-0.2, 0) is 11.3 Å². The lowest BCUT2D eigenvalue weighted by Gasteiger charge is -2.19. The van der Waals surface area contributed by atoms with Crippen molar-refractivity contribution >= 4 is 0 Å². The van der Waals surface area contributed by atoms with Crippen LogP contribution in [0.25, 0.3) is 0 Å². The van der Waals surface area contributed by atoms with Gasteiger partial charge in [0.05, 0.1) is 12.3 Å². The van der Waals surface area contributed by atoms with Gasteiger partial charge in [0.2, 0.25) is 5.89 Å². The Balaban J connectivity index is 2.05. The summed E-state index contributed by atoms with van der Waals surface area (Å²) < 4.78 is 10.4. The number of hydrogen-bond donors (Lipinski definition) is 1. The molecule has 1 unspecified atom stereocenters. The fourth-order valence-corrected chi connectivity index (χ4v) is 1.56. The number of hydrogen-bond acceptors (Lipinski definition) is 4. The molecule has 1 aromatic rings. The SMILES string of the molecule is OCc1nc(C2CCCOC2)co1. The summed E-state index contributed by atoms with van der Waals surface area (Å²) in [5, 5.41) is 8.76. The Bertz CT molecular complexity index is 266. The minimum atomic E-state index is -0.131. The Morgan fingerprint density at radius 3 is 3.15 bits per heavy atom. The van der Waals surface area contributed by atoms with E-state index in [-0.39, 0.29) is 6.61 Å². The second kappa shape index (κ2) is 3.89. The molecule has 1 atom stereocenters. The lowest BCUT2D eigenvalue weighted by Crippen LogP contribution is -2.15. The van der Waals surface area contributed by atoms with Gasteiger partial charge in [0.1, 0.15) is 12.9 Å². The third kappa shape index (κ3) is 1.89. The molecule has 1 aliphatic heterocycles. The molecular weight excluding hydrogens is 170 g/mol. The molecule has 0 spiro atoms. The summed E-state index contributed by atoms with van der Waals surface area (Å²) in [6, 6.07) is 0. The van der Waals surface area contributed by atoms with Crippen LogP contribution in [0.15, 0.2) is 10.7 Å². The third-order valence-electron chi connectivity index (χ3n) is 2.28. The molecule has 72 valence electrons. The van der Waals surface area contributed by atoms with Crippen molar-refractivity contribution < 1.29 is 14.3 Å². The zero-order chi connectivity index (χ0) is 9.10. The van der Waals surface area contributed by atoms with Gasteiger partial charge in [-0.05, 0) is 12.8 Å². The summed E-state index contributed by atoms with van der Waals surface area (Å²) in [4.78, 5) is 4.16. The van der Waals surface area contributed by atoms with Crippen LogP contribution in [0.1, 0.15) is 30.3 Å². The van der Waals surface area contributed by atoms with E-state index < -0.39 is 0 Å². The maximum absolute atomic E-state index is 8.76. The highest BCUT2D eigenvalue weighted by molar-refractivity contribution is 5.04. The molecular formula is C9H13NO3. The number of nitrogens with zero attached hydrogens (tertiary/aromatic N) is 1. The molecule has 1 aliphatic rings. The molecule has 1 aromatic heterocycles. The van der Waals surface area contributed by atoms with E-state index in [1.165, 1.54) is 0 Å². The van der Waals surface area contributed by atoms with Gasteiger partial charge in [0.15, 0.2) is 0 Å². The summed E-state index contributed by atoms with van der Waals surface area (Å²) in [6.45, 7) is 1.44. The first-order chi connectivity index (χ1) is 6.40. The molecule has 1 saturated heterocycles. The molecule has 0 amide bonds. The van der Waals surface area contributed by atoms with E-state index in [1.807, 2.05) is 0 Å². The largest absolute Gasteiger partial charge is 0.446 e. The predicted octanol–water partition coefficient (Wildman–Crippen LogP) is 1.06. The van der Waals surface area contributed by atoms with Crippen LogP contribution in [0.3, 0.4) is 0 Å². The summed E-state index contributed by atoms with van der Waals surface area (Å²) in [5.74, 6) is 0.735. The van der Waals surface area contributed by atoms with Gasteiger partial charge in [-0.25, -0.2) is 4.98 Å². The van der Waals surface area contributed by atoms with Crippen LogP contribution in [0.2, 0.25) is 0 Å². The molecule has 4 heteroatoms. The van der Waals surface area contributed by atoms with Crippen molar-refractivity contribution in [2.45, 2.75) is 25.4 Å². The zero-order valence-electron chi connectivity index (χ0n) is 7.40. The Kier molecular flexibility index (Phi) is 2.61. The van der Waals surface area contributed by atoms with Gasteiger partial charge in [-0.15, -0.1) is 0 Å². The fraction of sp³-hybridized carbons (Fsp3) is 0.667. The highest BCUT2D eigenvalue weighted by Crippen LogP contribution is 2.24. The molecule has 4 nitrogen and oxygen atoms in total. The van der Waals surface area contributed by atoms with Gasteiger partial charge >= 0.3 is 0 Å². The summed E-state index contributed by atoms with van der Waals surface area (Å²) in [5.41, 5.74) is 0.906. The first-order valence-corrected chi connectivity index (χ1v) is 4.53. The van der Waals surface area contributed by atoms with Crippen LogP contribution in [-0.4, -0.2) is 23.3 Å². The monoisotopic (exact) mass is 183 g/mol. The van der Waals surface area contributed by atoms with E-state index in [2.05, 4.69) is 4.98 Å². The van der Waals surface area contributed by atoms with Crippen LogP contribution >= 0.6 is 0 Å². The minimum absolute atomic E-state index is 0.131. The van der Waals surface area contributed by atoms with Crippen LogP contribution in [0, 0.1) is 0 Å². The Morgan fingerprint density at radius 2 is 2.54 bits per heavy atom. The van der Waals surface area contributed by atoms with E-state index in [1.54, 1.807) is 6.26 Å². The molecule has 1 N–H and O–H groups in total. The molecule has 0 aliphatic carbocycles. The summed E-state index contributed by atoms with van der Waals surface area (Å²) >= 11 is 0. The number of oxazole rings is 1. The Hall–Kier alpha value is -0.870. The van der Waals surface area contributed by atoms with E-state index in [4.69, 9.17) is 14.3 Å². The first-order valence-electron chi connectivity index (χ1n) is 4.53. The Labute approximate surface area is 76.5 Å². The molecule has 0 radical (unpaired) electrons. The molecule has 2 heterocycles. The highest BCUT2D eigenvalue weighted by atomic mass is 16.5. The van der Waals surface area contributed by atoms with Gasteiger partial charge in [-0.1, -0.05) is 0 Å². The predicted molar refractivity (Wildman–Crippen MR) is 45.2 cm³/mol. The molecule has 2 rings (SSSR count). The maximum atomic E-state index is 8.76. The smallest absolute Gasteiger partial charge is 0.219 e. The molecule has 0 bridgehead atoms. The lowest BCUT2D eigenvalue weighted by molar-refractivity contribution is 0.0792. The fourth-order valence-electron chi connectivity index (χ4n) is 1.56. The van der Waals surface area contributed by atoms with Crippen molar-refractivity contribution in [3.63, 3.8) is 0 Å². The van der Waals surface area contributed by atoms with E-state index >= 15 is 0 Å². The van der Waals surface area contributed by atoms with Crippen LogP contribution < -0.4 is 0 Å².